The van der Waals surface area contributed by atoms with E-state index in [2.05, 4.69) is 4.18 Å². The van der Waals surface area contributed by atoms with Gasteiger partial charge in [0.1, 0.15) is 4.90 Å². The quantitative estimate of drug-likeness (QED) is 0.458. The van der Waals surface area contributed by atoms with Crippen LogP contribution in [0, 0.1) is 10.1 Å². The molecule has 0 radical (unpaired) electrons. The van der Waals surface area contributed by atoms with Crippen molar-refractivity contribution in [1.29, 1.82) is 0 Å². The molecule has 1 rings (SSSR count). The molecule has 0 saturated heterocycles. The molecule has 0 aromatic heterocycles. The predicted molar refractivity (Wildman–Crippen MR) is 73.2 cm³/mol. The largest absolute Gasteiger partial charge is 0.420 e. The van der Waals surface area contributed by atoms with Gasteiger partial charge in [0.25, 0.3) is 5.69 Å². The van der Waals surface area contributed by atoms with Crippen LogP contribution < -0.4 is 5.73 Å². The van der Waals surface area contributed by atoms with Crippen LogP contribution in [-0.2, 0) is 20.7 Å². The van der Waals surface area contributed by atoms with Gasteiger partial charge in [0, 0.05) is 18.7 Å². The third-order valence-corrected chi connectivity index (χ3v) is 3.87. The zero-order valence-electron chi connectivity index (χ0n) is 11.5. The number of hydrogen-bond donors (Lipinski definition) is 1. The van der Waals surface area contributed by atoms with Crippen LogP contribution in [0.1, 0.15) is 5.56 Å². The maximum atomic E-state index is 11.9. The molecule has 116 valence electrons. The molecule has 21 heavy (non-hydrogen) atoms. The van der Waals surface area contributed by atoms with Gasteiger partial charge in [-0.15, -0.1) is 0 Å². The molecular weight excluding hydrogens is 302 g/mol. The van der Waals surface area contributed by atoms with E-state index in [1.165, 1.54) is 0 Å². The maximum Gasteiger partial charge on any atom is 0.420 e. The molecule has 0 fully saturated rings. The van der Waals surface area contributed by atoms with E-state index in [4.69, 9.17) is 5.73 Å². The van der Waals surface area contributed by atoms with Crippen LogP contribution in [0.5, 0.6) is 0 Å². The molecule has 9 nitrogen and oxygen atoms in total. The van der Waals surface area contributed by atoms with Gasteiger partial charge >= 0.3 is 16.2 Å². The van der Waals surface area contributed by atoms with Gasteiger partial charge in [0.2, 0.25) is 0 Å². The van der Waals surface area contributed by atoms with Gasteiger partial charge < -0.3 is 14.8 Å². The third-order valence-electron chi connectivity index (χ3n) is 2.54. The van der Waals surface area contributed by atoms with Crippen molar-refractivity contribution in [2.45, 2.75) is 11.3 Å². The summed E-state index contributed by atoms with van der Waals surface area (Å²) in [5.74, 6) is 0. The average molecular weight is 317 g/mol. The minimum absolute atomic E-state index is 0.180. The zero-order chi connectivity index (χ0) is 16.2. The van der Waals surface area contributed by atoms with Gasteiger partial charge in [-0.2, -0.15) is 8.42 Å². The van der Waals surface area contributed by atoms with Crippen LogP contribution >= 0.6 is 0 Å². The monoisotopic (exact) mass is 317 g/mol. The fourth-order valence-corrected chi connectivity index (χ4v) is 2.64. The number of nitrogens with two attached hydrogens (primary N) is 1. The average Bonchev–Trinajstić information content (AvgIpc) is 2.34. The smallest absolute Gasteiger partial charge is 0.334 e. The normalized spacial score (nSPS) is 11.4. The summed E-state index contributed by atoms with van der Waals surface area (Å²) in [4.78, 5) is 22.3. The number of amides is 1. The second-order valence-corrected chi connectivity index (χ2v) is 5.97. The molecular formula is C11H15N3O6S. The van der Waals surface area contributed by atoms with Gasteiger partial charge in [-0.3, -0.25) is 10.1 Å². The minimum atomic E-state index is -4.40. The lowest BCUT2D eigenvalue weighted by Gasteiger charge is -2.12. The number of hydrogen-bond acceptors (Lipinski definition) is 7. The number of carbonyl (C=O) groups excluding carboxylic acids is 1. The summed E-state index contributed by atoms with van der Waals surface area (Å²) in [5, 5.41) is 10.8. The van der Waals surface area contributed by atoms with Crippen molar-refractivity contribution < 1.29 is 22.3 Å². The zero-order valence-corrected chi connectivity index (χ0v) is 12.3. The lowest BCUT2D eigenvalue weighted by atomic mass is 10.1. The fraction of sp³-hybridized carbons (Fsp3) is 0.364. The lowest BCUT2D eigenvalue weighted by molar-refractivity contribution is -0.385. The highest BCUT2D eigenvalue weighted by molar-refractivity contribution is 7.87. The summed E-state index contributed by atoms with van der Waals surface area (Å²) in [6.45, 7) is 0.459. The molecule has 0 atom stereocenters. The number of nitrogens with zero attached hydrogens (tertiary/aromatic N) is 2. The Morgan fingerprint density at radius 3 is 2.52 bits per heavy atom. The predicted octanol–water partition coefficient (Wildman–Crippen LogP) is 0.483. The molecule has 0 unspecified atom stereocenters. The number of primary amides is 1. The minimum Gasteiger partial charge on any atom is -0.334 e. The second kappa shape index (κ2) is 6.50. The van der Waals surface area contributed by atoms with Crippen LogP contribution in [0.25, 0.3) is 0 Å². The summed E-state index contributed by atoms with van der Waals surface area (Å²) in [7, 11) is -0.858. The Labute approximate surface area is 121 Å². The molecule has 0 aliphatic carbocycles. The highest BCUT2D eigenvalue weighted by atomic mass is 32.2. The summed E-state index contributed by atoms with van der Waals surface area (Å²) in [6.07, 6.45) is -1.24. The number of carbonyl (C=O) groups is 1. The first-order valence-electron chi connectivity index (χ1n) is 5.79. The first-order chi connectivity index (χ1) is 9.63. The third kappa shape index (κ3) is 4.68. The van der Waals surface area contributed by atoms with Crippen molar-refractivity contribution in [2.24, 2.45) is 5.73 Å². The number of nitro groups is 1. The van der Waals surface area contributed by atoms with E-state index in [0.717, 1.165) is 18.2 Å². The van der Waals surface area contributed by atoms with E-state index in [1.807, 2.05) is 0 Å². The molecule has 0 aliphatic heterocycles. The highest BCUT2D eigenvalue weighted by Gasteiger charge is 2.24. The summed E-state index contributed by atoms with van der Waals surface area (Å²) >= 11 is 0. The molecule has 10 heteroatoms. The molecule has 0 spiro atoms. The molecule has 2 N–H and O–H groups in total. The highest BCUT2D eigenvalue weighted by Crippen LogP contribution is 2.24. The Morgan fingerprint density at radius 2 is 2.05 bits per heavy atom. The summed E-state index contributed by atoms with van der Waals surface area (Å²) < 4.78 is 27.9. The standard InChI is InChI=1S/C11H15N3O6S/c1-13(2)6-5-8-7-9(14(16)17)3-4-10(8)21(18,19)20-11(12)15/h3-4,7H,5-6H2,1-2H3,(H2,12,15). The number of rotatable bonds is 6. The molecule has 1 aromatic rings. The van der Waals surface area contributed by atoms with Crippen molar-refractivity contribution in [1.82, 2.24) is 4.90 Å². The van der Waals surface area contributed by atoms with E-state index >= 15 is 0 Å². The van der Waals surface area contributed by atoms with Crippen molar-refractivity contribution in [3.8, 4) is 0 Å². The maximum absolute atomic E-state index is 11.9. The van der Waals surface area contributed by atoms with Crippen molar-refractivity contribution in [2.75, 3.05) is 20.6 Å². The first-order valence-corrected chi connectivity index (χ1v) is 7.20. The van der Waals surface area contributed by atoms with E-state index < -0.39 is 21.1 Å². The van der Waals surface area contributed by atoms with E-state index in [0.29, 0.717) is 6.54 Å². The molecule has 0 saturated carbocycles. The number of nitro benzene ring substituents is 1. The van der Waals surface area contributed by atoms with Crippen LogP contribution in [0.2, 0.25) is 0 Å². The number of likely N-dealkylation sites (N-methyl/N-ethyl adjacent to an activating group) is 1. The van der Waals surface area contributed by atoms with Crippen molar-refractivity contribution in [3.63, 3.8) is 0 Å². The Hall–Kier alpha value is -2.20. The molecule has 0 heterocycles. The summed E-state index contributed by atoms with van der Waals surface area (Å²) in [6, 6.07) is 3.19. The lowest BCUT2D eigenvalue weighted by Crippen LogP contribution is -2.21. The second-order valence-electron chi connectivity index (χ2n) is 4.46. The Bertz CT molecular complexity index is 656. The van der Waals surface area contributed by atoms with Crippen LogP contribution in [0.4, 0.5) is 10.5 Å². The summed E-state index contributed by atoms with van der Waals surface area (Å²) in [5.41, 5.74) is 4.64. The van der Waals surface area contributed by atoms with E-state index in [9.17, 15) is 23.3 Å². The van der Waals surface area contributed by atoms with Crippen molar-refractivity contribution >= 4 is 21.9 Å². The van der Waals surface area contributed by atoms with Gasteiger partial charge in [-0.25, -0.2) is 4.79 Å². The Balaban J connectivity index is 3.29. The van der Waals surface area contributed by atoms with Crippen molar-refractivity contribution in [3.05, 3.63) is 33.9 Å². The van der Waals surface area contributed by atoms with Crippen LogP contribution in [-0.4, -0.2) is 45.0 Å². The number of non-ortho nitro benzene ring substituents is 1. The fourth-order valence-electron chi connectivity index (χ4n) is 1.62. The Kier molecular flexibility index (Phi) is 5.22. The van der Waals surface area contributed by atoms with Crippen LogP contribution in [0.15, 0.2) is 23.1 Å². The van der Waals surface area contributed by atoms with Gasteiger partial charge in [-0.05, 0) is 32.1 Å². The van der Waals surface area contributed by atoms with Gasteiger partial charge in [-0.1, -0.05) is 0 Å². The number of benzene rings is 1. The van der Waals surface area contributed by atoms with Gasteiger partial charge in [0.15, 0.2) is 0 Å². The van der Waals surface area contributed by atoms with Gasteiger partial charge in [0.05, 0.1) is 4.92 Å². The molecule has 0 aliphatic rings. The van der Waals surface area contributed by atoms with E-state index in [1.54, 1.807) is 19.0 Å². The van der Waals surface area contributed by atoms with Crippen LogP contribution in [0.3, 0.4) is 0 Å². The molecule has 1 aromatic carbocycles. The van der Waals surface area contributed by atoms with E-state index in [-0.39, 0.29) is 22.6 Å². The topological polar surface area (TPSA) is 133 Å². The molecule has 1 amide bonds. The Morgan fingerprint density at radius 1 is 1.43 bits per heavy atom. The molecule has 0 bridgehead atoms. The first kappa shape index (κ1) is 16.9. The SMILES string of the molecule is CN(C)CCc1cc([N+](=O)[O-])ccc1S(=O)(=O)OC(N)=O.